The molecule has 17 heavy (non-hydrogen) atoms. The number of rotatable bonds is 3. The van der Waals surface area contributed by atoms with Crippen LogP contribution in [0.4, 0.5) is 0 Å². The molecule has 0 aromatic heterocycles. The second-order valence-corrected chi connectivity index (χ2v) is 6.52. The number of benzene rings is 1. The Balaban J connectivity index is 2.09. The van der Waals surface area contributed by atoms with Gasteiger partial charge in [0.15, 0.2) is 0 Å². The first kappa shape index (κ1) is 12.9. The van der Waals surface area contributed by atoms with Gasteiger partial charge in [-0.15, -0.1) is 0 Å². The van der Waals surface area contributed by atoms with Crippen molar-refractivity contribution in [2.45, 2.75) is 51.5 Å². The molecule has 1 fully saturated rings. The number of alkyl halides is 1. The fraction of sp³-hybridized carbons (Fsp3) is 0.600. The topological polar surface area (TPSA) is 9.23 Å². The largest absolute Gasteiger partial charge is 0.490 e. The maximum absolute atomic E-state index is 6.13. The van der Waals surface area contributed by atoms with Gasteiger partial charge in [-0.1, -0.05) is 35.8 Å². The lowest BCUT2D eigenvalue weighted by atomic mass is 9.65. The van der Waals surface area contributed by atoms with E-state index in [1.54, 1.807) is 0 Å². The fourth-order valence-electron chi connectivity index (χ4n) is 2.35. The molecule has 0 bridgehead atoms. The minimum absolute atomic E-state index is 0.277. The van der Waals surface area contributed by atoms with E-state index in [1.807, 2.05) is 0 Å². The van der Waals surface area contributed by atoms with E-state index in [-0.39, 0.29) is 5.41 Å². The number of hydrogen-bond donors (Lipinski definition) is 0. The van der Waals surface area contributed by atoms with Crippen molar-refractivity contribution in [2.75, 3.05) is 0 Å². The molecule has 1 aromatic rings. The summed E-state index contributed by atoms with van der Waals surface area (Å²) >= 11 is 3.74. The quantitative estimate of drug-likeness (QED) is 0.739. The van der Waals surface area contributed by atoms with E-state index in [9.17, 15) is 0 Å². The van der Waals surface area contributed by atoms with Crippen molar-refractivity contribution < 1.29 is 4.74 Å². The lowest BCUT2D eigenvalue weighted by Gasteiger charge is -2.50. The zero-order chi connectivity index (χ0) is 12.6. The van der Waals surface area contributed by atoms with Gasteiger partial charge in [0.1, 0.15) is 11.9 Å². The van der Waals surface area contributed by atoms with Crippen molar-refractivity contribution in [1.82, 2.24) is 0 Å². The predicted molar refractivity (Wildman–Crippen MR) is 76.1 cm³/mol. The smallest absolute Gasteiger partial charge is 0.120 e. The molecule has 2 heteroatoms. The third kappa shape index (κ3) is 2.24. The highest BCUT2D eigenvalue weighted by Crippen LogP contribution is 2.50. The maximum Gasteiger partial charge on any atom is 0.120 e. The van der Waals surface area contributed by atoms with Gasteiger partial charge in [-0.3, -0.25) is 0 Å². The Hall–Kier alpha value is -0.500. The van der Waals surface area contributed by atoms with Crippen LogP contribution in [0, 0.1) is 19.3 Å². The van der Waals surface area contributed by atoms with Crippen molar-refractivity contribution in [3.8, 4) is 5.75 Å². The predicted octanol–water partition coefficient (Wildman–Crippen LogP) is 4.63. The van der Waals surface area contributed by atoms with E-state index in [2.05, 4.69) is 61.8 Å². The van der Waals surface area contributed by atoms with Gasteiger partial charge >= 0.3 is 0 Å². The molecule has 1 aromatic carbocycles. The maximum atomic E-state index is 6.13. The Kier molecular flexibility index (Phi) is 3.53. The molecule has 3 unspecified atom stereocenters. The van der Waals surface area contributed by atoms with Crippen LogP contribution in [0.15, 0.2) is 18.2 Å². The van der Waals surface area contributed by atoms with E-state index in [0.717, 1.165) is 18.6 Å². The first-order valence-electron chi connectivity index (χ1n) is 6.35. The van der Waals surface area contributed by atoms with Gasteiger partial charge in [0.05, 0.1) is 0 Å². The standard InChI is InChI=1S/C15H21BrO/c1-5-15(4)13(16)9-14(15)17-12-7-6-10(2)11(3)8-12/h6-8,13-14H,5,9H2,1-4H3. The number of ether oxygens (including phenoxy) is 1. The molecule has 0 saturated heterocycles. The van der Waals surface area contributed by atoms with Crippen LogP contribution >= 0.6 is 15.9 Å². The summed E-state index contributed by atoms with van der Waals surface area (Å²) < 4.78 is 6.13. The molecule has 1 aliphatic rings. The van der Waals surface area contributed by atoms with Crippen LogP contribution in [-0.2, 0) is 0 Å². The Morgan fingerprint density at radius 2 is 2.06 bits per heavy atom. The summed E-state index contributed by atoms with van der Waals surface area (Å²) in [6, 6.07) is 6.37. The van der Waals surface area contributed by atoms with Gasteiger partial charge in [-0.05, 0) is 49.9 Å². The summed E-state index contributed by atoms with van der Waals surface area (Å²) in [6.45, 7) is 8.81. The lowest BCUT2D eigenvalue weighted by Crippen LogP contribution is -2.54. The molecule has 1 aliphatic carbocycles. The fourth-order valence-corrected chi connectivity index (χ4v) is 3.31. The summed E-state index contributed by atoms with van der Waals surface area (Å²) in [4.78, 5) is 0.594. The lowest BCUT2D eigenvalue weighted by molar-refractivity contribution is -0.0243. The number of hydrogen-bond acceptors (Lipinski definition) is 1. The molecular formula is C15H21BrO. The van der Waals surface area contributed by atoms with Crippen molar-refractivity contribution in [3.05, 3.63) is 29.3 Å². The Morgan fingerprint density at radius 3 is 2.59 bits per heavy atom. The van der Waals surface area contributed by atoms with Gasteiger partial charge in [0.25, 0.3) is 0 Å². The summed E-state index contributed by atoms with van der Waals surface area (Å²) in [5, 5.41) is 0. The Bertz CT molecular complexity index is 415. The van der Waals surface area contributed by atoms with E-state index in [1.165, 1.54) is 11.1 Å². The molecule has 3 atom stereocenters. The second-order valence-electron chi connectivity index (χ2n) is 5.42. The monoisotopic (exact) mass is 296 g/mol. The van der Waals surface area contributed by atoms with Crippen LogP contribution in [0.1, 0.15) is 37.8 Å². The molecular weight excluding hydrogens is 276 g/mol. The average molecular weight is 297 g/mol. The second kappa shape index (κ2) is 4.64. The molecule has 94 valence electrons. The summed E-state index contributed by atoms with van der Waals surface area (Å²) in [5.41, 5.74) is 2.90. The van der Waals surface area contributed by atoms with E-state index >= 15 is 0 Å². The van der Waals surface area contributed by atoms with Crippen molar-refractivity contribution in [1.29, 1.82) is 0 Å². The third-order valence-corrected chi connectivity index (χ3v) is 5.81. The van der Waals surface area contributed by atoms with E-state index < -0.39 is 0 Å². The molecule has 0 heterocycles. The zero-order valence-electron chi connectivity index (χ0n) is 11.1. The van der Waals surface area contributed by atoms with E-state index in [4.69, 9.17) is 4.74 Å². The van der Waals surface area contributed by atoms with Gasteiger partial charge < -0.3 is 4.74 Å². The zero-order valence-corrected chi connectivity index (χ0v) is 12.7. The third-order valence-electron chi connectivity index (χ3n) is 4.39. The summed E-state index contributed by atoms with van der Waals surface area (Å²) in [7, 11) is 0. The van der Waals surface area contributed by atoms with Crippen molar-refractivity contribution in [2.24, 2.45) is 5.41 Å². The molecule has 0 radical (unpaired) electrons. The molecule has 1 saturated carbocycles. The molecule has 2 rings (SSSR count). The highest BCUT2D eigenvalue weighted by molar-refractivity contribution is 9.09. The Labute approximate surface area is 113 Å². The number of aryl methyl sites for hydroxylation is 2. The highest BCUT2D eigenvalue weighted by Gasteiger charge is 2.50. The minimum Gasteiger partial charge on any atom is -0.490 e. The minimum atomic E-state index is 0.277. The first-order chi connectivity index (χ1) is 7.97. The van der Waals surface area contributed by atoms with Crippen LogP contribution in [0.25, 0.3) is 0 Å². The average Bonchev–Trinajstić information content (AvgIpc) is 2.32. The summed E-state index contributed by atoms with van der Waals surface area (Å²) in [6.07, 6.45) is 2.61. The number of halogens is 1. The normalized spacial score (nSPS) is 32.1. The van der Waals surface area contributed by atoms with Gasteiger partial charge in [-0.25, -0.2) is 0 Å². The van der Waals surface area contributed by atoms with E-state index in [0.29, 0.717) is 10.9 Å². The van der Waals surface area contributed by atoms with Gasteiger partial charge in [0, 0.05) is 10.2 Å². The van der Waals surface area contributed by atoms with Gasteiger partial charge in [-0.2, -0.15) is 0 Å². The molecule has 1 nitrogen and oxygen atoms in total. The molecule has 0 aliphatic heterocycles. The summed E-state index contributed by atoms with van der Waals surface area (Å²) in [5.74, 6) is 1.01. The van der Waals surface area contributed by atoms with Crippen molar-refractivity contribution >= 4 is 15.9 Å². The SMILES string of the molecule is CCC1(C)C(Br)CC1Oc1ccc(C)c(C)c1. The molecule has 0 N–H and O–H groups in total. The van der Waals surface area contributed by atoms with Gasteiger partial charge in [0.2, 0.25) is 0 Å². The Morgan fingerprint density at radius 1 is 1.35 bits per heavy atom. The molecule has 0 spiro atoms. The first-order valence-corrected chi connectivity index (χ1v) is 7.27. The molecule has 0 amide bonds. The van der Waals surface area contributed by atoms with Crippen LogP contribution in [0.5, 0.6) is 5.75 Å². The van der Waals surface area contributed by atoms with Crippen LogP contribution < -0.4 is 4.74 Å². The van der Waals surface area contributed by atoms with Crippen molar-refractivity contribution in [3.63, 3.8) is 0 Å². The van der Waals surface area contributed by atoms with Crippen LogP contribution in [0.3, 0.4) is 0 Å². The highest BCUT2D eigenvalue weighted by atomic mass is 79.9. The van der Waals surface area contributed by atoms with Crippen LogP contribution in [0.2, 0.25) is 0 Å². The van der Waals surface area contributed by atoms with Crippen LogP contribution in [-0.4, -0.2) is 10.9 Å².